The van der Waals surface area contributed by atoms with Gasteiger partial charge in [-0.1, -0.05) is 6.42 Å². The molecule has 0 saturated heterocycles. The average molecular weight is 272 g/mol. The van der Waals surface area contributed by atoms with E-state index in [4.69, 9.17) is 4.74 Å². The summed E-state index contributed by atoms with van der Waals surface area (Å²) < 4.78 is 5.15. The van der Waals surface area contributed by atoms with Crippen LogP contribution in [0.25, 0.3) is 0 Å². The number of carbonyl (C=O) groups is 1. The van der Waals surface area contributed by atoms with Crippen LogP contribution in [0, 0.1) is 5.92 Å². The molecule has 0 radical (unpaired) electrons. The molecule has 0 aromatic carbocycles. The second-order valence-electron chi connectivity index (χ2n) is 5.69. The second kappa shape index (κ2) is 7.22. The zero-order valence-corrected chi connectivity index (χ0v) is 12.6. The van der Waals surface area contributed by atoms with Crippen molar-refractivity contribution in [2.45, 2.75) is 44.2 Å². The normalized spacial score (nSPS) is 28.8. The Bertz CT molecular complexity index is 298. The molecular weight excluding hydrogens is 244 g/mol. The van der Waals surface area contributed by atoms with Gasteiger partial charge in [-0.25, -0.2) is 0 Å². The molecule has 0 aliphatic heterocycles. The van der Waals surface area contributed by atoms with Crippen molar-refractivity contribution in [3.63, 3.8) is 0 Å². The summed E-state index contributed by atoms with van der Waals surface area (Å²) in [7, 11) is 5.54. The molecule has 1 aliphatic rings. The first-order valence-electron chi connectivity index (χ1n) is 7.09. The Morgan fingerprint density at radius 3 is 2.84 bits per heavy atom. The number of methoxy groups -OCH3 is 1. The van der Waals surface area contributed by atoms with E-state index in [0.29, 0.717) is 12.6 Å². The third kappa shape index (κ3) is 3.68. The smallest absolute Gasteiger partial charge is 0.324 e. The van der Waals surface area contributed by atoms with Crippen molar-refractivity contribution >= 4 is 5.97 Å². The Morgan fingerprint density at radius 2 is 2.32 bits per heavy atom. The minimum atomic E-state index is -0.717. The molecule has 5 heteroatoms. The maximum Gasteiger partial charge on any atom is 0.324 e. The van der Waals surface area contributed by atoms with Crippen molar-refractivity contribution in [3.8, 4) is 0 Å². The summed E-state index contributed by atoms with van der Waals surface area (Å²) in [6, 6.07) is 0.361. The molecule has 0 aromatic rings. The third-order valence-corrected chi connectivity index (χ3v) is 4.64. The minimum Gasteiger partial charge on any atom is -0.480 e. The molecule has 0 bridgehead atoms. The Balaban J connectivity index is 2.54. The van der Waals surface area contributed by atoms with Crippen LogP contribution in [0.3, 0.4) is 0 Å². The standard InChI is InChI=1S/C14H28N2O3/c1-11(10-19-4)16(3)9-7-12-6-5-8-14(12,15-2)13(17)18/h11-12,15H,5-10H2,1-4H3,(H,17,18). The molecule has 0 aromatic heterocycles. The highest BCUT2D eigenvalue weighted by Crippen LogP contribution is 2.38. The van der Waals surface area contributed by atoms with Gasteiger partial charge in [0.1, 0.15) is 5.54 Å². The van der Waals surface area contributed by atoms with Gasteiger partial charge in [-0.2, -0.15) is 0 Å². The molecule has 1 aliphatic carbocycles. The van der Waals surface area contributed by atoms with Crippen LogP contribution in [0.4, 0.5) is 0 Å². The van der Waals surface area contributed by atoms with Gasteiger partial charge in [0.25, 0.3) is 0 Å². The lowest BCUT2D eigenvalue weighted by atomic mass is 9.84. The van der Waals surface area contributed by atoms with Crippen LogP contribution in [0.2, 0.25) is 0 Å². The van der Waals surface area contributed by atoms with E-state index in [1.807, 2.05) is 0 Å². The number of hydrogen-bond donors (Lipinski definition) is 2. The highest BCUT2D eigenvalue weighted by Gasteiger charge is 2.47. The van der Waals surface area contributed by atoms with Gasteiger partial charge in [0.15, 0.2) is 0 Å². The molecule has 112 valence electrons. The van der Waals surface area contributed by atoms with Crippen molar-refractivity contribution in [1.29, 1.82) is 0 Å². The average Bonchev–Trinajstić information content (AvgIpc) is 2.80. The predicted octanol–water partition coefficient (Wildman–Crippen LogP) is 1.19. The Labute approximate surface area is 116 Å². The van der Waals surface area contributed by atoms with E-state index in [1.54, 1.807) is 14.2 Å². The zero-order chi connectivity index (χ0) is 14.5. The van der Waals surface area contributed by atoms with Gasteiger partial charge in [0, 0.05) is 13.2 Å². The highest BCUT2D eigenvalue weighted by molar-refractivity contribution is 5.79. The molecule has 0 heterocycles. The van der Waals surface area contributed by atoms with Crippen molar-refractivity contribution < 1.29 is 14.6 Å². The molecule has 3 atom stereocenters. The van der Waals surface area contributed by atoms with Gasteiger partial charge in [-0.3, -0.25) is 4.79 Å². The van der Waals surface area contributed by atoms with Crippen LogP contribution in [0.5, 0.6) is 0 Å². The lowest BCUT2D eigenvalue weighted by molar-refractivity contribution is -0.146. The van der Waals surface area contributed by atoms with Crippen LogP contribution in [-0.2, 0) is 9.53 Å². The Morgan fingerprint density at radius 1 is 1.63 bits per heavy atom. The van der Waals surface area contributed by atoms with Gasteiger partial charge in [-0.15, -0.1) is 0 Å². The molecule has 0 amide bonds. The molecule has 5 nitrogen and oxygen atoms in total. The van der Waals surface area contributed by atoms with Gasteiger partial charge < -0.3 is 20.1 Å². The molecular formula is C14H28N2O3. The molecule has 1 rings (SSSR count). The topological polar surface area (TPSA) is 61.8 Å². The van der Waals surface area contributed by atoms with Gasteiger partial charge in [-0.05, 0) is 52.7 Å². The fourth-order valence-corrected chi connectivity index (χ4v) is 3.13. The lowest BCUT2D eigenvalue weighted by Gasteiger charge is -2.33. The maximum absolute atomic E-state index is 11.5. The van der Waals surface area contributed by atoms with Crippen LogP contribution in [0.15, 0.2) is 0 Å². The molecule has 2 N–H and O–H groups in total. The molecule has 0 spiro atoms. The van der Waals surface area contributed by atoms with E-state index in [1.165, 1.54) is 0 Å². The van der Waals surface area contributed by atoms with E-state index in [2.05, 4.69) is 24.2 Å². The minimum absolute atomic E-state index is 0.215. The first-order chi connectivity index (χ1) is 8.97. The summed E-state index contributed by atoms with van der Waals surface area (Å²) in [4.78, 5) is 13.8. The summed E-state index contributed by atoms with van der Waals surface area (Å²) in [5, 5.41) is 12.6. The number of nitrogens with one attached hydrogen (secondary N) is 1. The predicted molar refractivity (Wildman–Crippen MR) is 75.4 cm³/mol. The SMILES string of the molecule is CNC1(C(=O)O)CCCC1CCN(C)C(C)COC. The van der Waals surface area contributed by atoms with Crippen molar-refractivity contribution in [3.05, 3.63) is 0 Å². The van der Waals surface area contributed by atoms with E-state index in [9.17, 15) is 9.90 Å². The number of likely N-dealkylation sites (N-methyl/N-ethyl adjacent to an activating group) is 2. The number of nitrogens with zero attached hydrogens (tertiary/aromatic N) is 1. The largest absolute Gasteiger partial charge is 0.480 e. The molecule has 1 fully saturated rings. The monoisotopic (exact) mass is 272 g/mol. The Hall–Kier alpha value is -0.650. The van der Waals surface area contributed by atoms with Crippen molar-refractivity contribution in [2.75, 3.05) is 34.4 Å². The van der Waals surface area contributed by atoms with E-state index in [0.717, 1.165) is 32.2 Å². The number of hydrogen-bond acceptors (Lipinski definition) is 4. The second-order valence-corrected chi connectivity index (χ2v) is 5.69. The van der Waals surface area contributed by atoms with Gasteiger partial charge in [0.05, 0.1) is 6.61 Å². The molecule has 3 unspecified atom stereocenters. The highest BCUT2D eigenvalue weighted by atomic mass is 16.5. The quantitative estimate of drug-likeness (QED) is 0.695. The molecule has 1 saturated carbocycles. The lowest BCUT2D eigenvalue weighted by Crippen LogP contribution is -2.53. The van der Waals surface area contributed by atoms with Crippen LogP contribution >= 0.6 is 0 Å². The fraction of sp³-hybridized carbons (Fsp3) is 0.929. The van der Waals surface area contributed by atoms with Crippen molar-refractivity contribution in [1.82, 2.24) is 10.2 Å². The van der Waals surface area contributed by atoms with Crippen LogP contribution < -0.4 is 5.32 Å². The van der Waals surface area contributed by atoms with E-state index in [-0.39, 0.29) is 5.92 Å². The first kappa shape index (κ1) is 16.4. The van der Waals surface area contributed by atoms with Crippen LogP contribution in [0.1, 0.15) is 32.6 Å². The number of aliphatic carboxylic acids is 1. The first-order valence-corrected chi connectivity index (χ1v) is 7.09. The summed E-state index contributed by atoms with van der Waals surface area (Å²) in [6.07, 6.45) is 3.65. The van der Waals surface area contributed by atoms with Crippen LogP contribution in [-0.4, -0.2) is 61.9 Å². The summed E-state index contributed by atoms with van der Waals surface area (Å²) in [5.41, 5.74) is -0.717. The maximum atomic E-state index is 11.5. The number of carboxylic acid groups (broad SMARTS) is 1. The zero-order valence-electron chi connectivity index (χ0n) is 12.6. The van der Waals surface area contributed by atoms with Crippen molar-refractivity contribution in [2.24, 2.45) is 5.92 Å². The summed E-state index contributed by atoms with van der Waals surface area (Å²) in [5.74, 6) is -0.489. The van der Waals surface area contributed by atoms with E-state index < -0.39 is 11.5 Å². The number of carboxylic acids is 1. The van der Waals surface area contributed by atoms with Gasteiger partial charge in [0.2, 0.25) is 0 Å². The van der Waals surface area contributed by atoms with Gasteiger partial charge >= 0.3 is 5.97 Å². The Kier molecular flexibility index (Phi) is 6.23. The number of rotatable bonds is 8. The van der Waals surface area contributed by atoms with E-state index >= 15 is 0 Å². The summed E-state index contributed by atoms with van der Waals surface area (Å²) >= 11 is 0. The fourth-order valence-electron chi connectivity index (χ4n) is 3.13. The third-order valence-electron chi connectivity index (χ3n) is 4.64. The summed E-state index contributed by atoms with van der Waals surface area (Å²) in [6.45, 7) is 3.74. The number of ether oxygens (including phenoxy) is 1. The molecule has 19 heavy (non-hydrogen) atoms.